The molecule has 11 heteroatoms. The monoisotopic (exact) mass is 456 g/mol. The van der Waals surface area contributed by atoms with E-state index in [1.807, 2.05) is 0 Å². The molecule has 3 aromatic rings. The summed E-state index contributed by atoms with van der Waals surface area (Å²) in [7, 11) is 0. The van der Waals surface area contributed by atoms with Crippen LogP contribution in [0.1, 0.15) is 37.0 Å². The number of aromatic amines is 1. The zero-order valence-corrected chi connectivity index (χ0v) is 18.2. The summed E-state index contributed by atoms with van der Waals surface area (Å²) in [5.41, 5.74) is 6.57. The van der Waals surface area contributed by atoms with Crippen LogP contribution in [0, 0.1) is 0 Å². The van der Waals surface area contributed by atoms with Crippen molar-refractivity contribution in [2.45, 2.75) is 32.7 Å². The third-order valence-electron chi connectivity index (χ3n) is 4.74. The minimum atomic E-state index is -1.01. The van der Waals surface area contributed by atoms with Crippen molar-refractivity contribution < 1.29 is 28.3 Å². The smallest absolute Gasteiger partial charge is 0.328 e. The molecule has 0 aliphatic heterocycles. The number of carbonyl (C=O) groups is 3. The molecule has 0 radical (unpaired) electrons. The molecule has 0 unspecified atom stereocenters. The number of fused-ring (bicyclic) bond motifs is 1. The van der Waals surface area contributed by atoms with Crippen molar-refractivity contribution in [3.63, 3.8) is 0 Å². The van der Waals surface area contributed by atoms with E-state index in [-0.39, 0.29) is 48.7 Å². The fourth-order valence-electron chi connectivity index (χ4n) is 3.21. The summed E-state index contributed by atoms with van der Waals surface area (Å²) in [6.45, 7) is 3.69. The van der Waals surface area contributed by atoms with E-state index in [0.29, 0.717) is 11.1 Å². The molecule has 0 aliphatic rings. The molecular weight excluding hydrogens is 432 g/mol. The third kappa shape index (κ3) is 5.56. The van der Waals surface area contributed by atoms with Crippen LogP contribution in [-0.2, 0) is 19.1 Å². The highest BCUT2D eigenvalue weighted by Crippen LogP contribution is 2.27. The van der Waals surface area contributed by atoms with Gasteiger partial charge in [0.05, 0.1) is 13.2 Å². The van der Waals surface area contributed by atoms with E-state index in [0.717, 1.165) is 0 Å². The summed E-state index contributed by atoms with van der Waals surface area (Å²) in [4.78, 5) is 55.2. The number of carbonyl (C=O) groups excluding carboxylic acids is 3. The number of hydrogen-bond donors (Lipinski definition) is 3. The first-order valence-electron chi connectivity index (χ1n) is 10.3. The minimum Gasteiger partial charge on any atom is -0.466 e. The van der Waals surface area contributed by atoms with Gasteiger partial charge in [-0.3, -0.25) is 19.4 Å². The third-order valence-corrected chi connectivity index (χ3v) is 4.74. The van der Waals surface area contributed by atoms with E-state index in [4.69, 9.17) is 19.6 Å². The average molecular weight is 456 g/mol. The lowest BCUT2D eigenvalue weighted by molar-refractivity contribution is -0.146. The van der Waals surface area contributed by atoms with Gasteiger partial charge in [-0.1, -0.05) is 12.1 Å². The molecular formula is C22H24N4O7. The number of hydrogen-bond acceptors (Lipinski definition) is 9. The Morgan fingerprint density at radius 1 is 1.15 bits per heavy atom. The maximum absolute atomic E-state index is 12.7. The Hall–Kier alpha value is -4.15. The van der Waals surface area contributed by atoms with Gasteiger partial charge in [0.25, 0.3) is 11.5 Å². The van der Waals surface area contributed by atoms with Gasteiger partial charge in [-0.25, -0.2) is 4.79 Å². The van der Waals surface area contributed by atoms with Crippen molar-refractivity contribution in [3.05, 3.63) is 46.4 Å². The number of anilines is 1. The van der Waals surface area contributed by atoms with Crippen LogP contribution in [0.25, 0.3) is 22.2 Å². The number of nitrogens with two attached hydrogens (primary N) is 1. The summed E-state index contributed by atoms with van der Waals surface area (Å²) >= 11 is 0. The van der Waals surface area contributed by atoms with Crippen molar-refractivity contribution in [3.8, 4) is 11.1 Å². The molecule has 174 valence electrons. The molecule has 0 spiro atoms. The first-order valence-corrected chi connectivity index (χ1v) is 10.3. The van der Waals surface area contributed by atoms with Crippen LogP contribution in [0.2, 0.25) is 0 Å². The Morgan fingerprint density at radius 2 is 1.85 bits per heavy atom. The highest BCUT2D eigenvalue weighted by molar-refractivity contribution is 5.98. The van der Waals surface area contributed by atoms with Crippen molar-refractivity contribution in [1.29, 1.82) is 0 Å². The average Bonchev–Trinajstić information content (AvgIpc) is 3.21. The molecule has 3 rings (SSSR count). The molecule has 2 aromatic heterocycles. The molecule has 4 N–H and O–H groups in total. The standard InChI is InChI=1S/C22H24N4O7/c1-3-31-16(27)10-9-15(21(30)32-4-2)24-18(28)13-7-5-12(6-8-13)14-11-33-20-17(14)19(29)25-22(23)26-20/h5-8,11,15H,3-4,9-10H2,1-2H3,(H,24,28)(H3,23,25,26,29)/t15-/m0/s1. The predicted molar refractivity (Wildman–Crippen MR) is 118 cm³/mol. The number of benzene rings is 1. The van der Waals surface area contributed by atoms with Crippen LogP contribution < -0.4 is 16.6 Å². The molecule has 0 aliphatic carbocycles. The number of nitrogens with zero attached hydrogens (tertiary/aromatic N) is 1. The van der Waals surface area contributed by atoms with Crippen molar-refractivity contribution in [2.24, 2.45) is 0 Å². The molecule has 2 heterocycles. The minimum absolute atomic E-state index is 0.0431. The van der Waals surface area contributed by atoms with E-state index in [1.54, 1.807) is 26.0 Å². The van der Waals surface area contributed by atoms with Gasteiger partial charge in [-0.15, -0.1) is 0 Å². The van der Waals surface area contributed by atoms with E-state index >= 15 is 0 Å². The molecule has 0 fully saturated rings. The van der Waals surface area contributed by atoms with Gasteiger partial charge >= 0.3 is 11.9 Å². The van der Waals surface area contributed by atoms with Gasteiger partial charge in [0.1, 0.15) is 17.7 Å². The number of nitrogens with one attached hydrogen (secondary N) is 2. The van der Waals surface area contributed by atoms with Crippen molar-refractivity contribution in [1.82, 2.24) is 15.3 Å². The number of ether oxygens (including phenoxy) is 2. The van der Waals surface area contributed by atoms with Crippen LogP contribution in [0.4, 0.5) is 5.95 Å². The molecule has 0 bridgehead atoms. The summed E-state index contributed by atoms with van der Waals surface area (Å²) < 4.78 is 15.2. The number of rotatable bonds is 9. The van der Waals surface area contributed by atoms with Gasteiger partial charge in [-0.2, -0.15) is 4.98 Å². The van der Waals surface area contributed by atoms with Gasteiger partial charge in [0, 0.05) is 17.5 Å². The second-order valence-electron chi connectivity index (χ2n) is 6.98. The predicted octanol–water partition coefficient (Wildman–Crippen LogP) is 1.77. The molecule has 1 atom stereocenters. The van der Waals surface area contributed by atoms with Crippen molar-refractivity contribution in [2.75, 3.05) is 18.9 Å². The number of esters is 2. The van der Waals surface area contributed by atoms with Crippen molar-refractivity contribution >= 4 is 34.9 Å². The number of furan rings is 1. The quantitative estimate of drug-likeness (QED) is 0.407. The summed E-state index contributed by atoms with van der Waals surface area (Å²) in [6.07, 6.45) is 1.38. The second kappa shape index (κ2) is 10.4. The van der Waals surface area contributed by atoms with Crippen LogP contribution in [0.3, 0.4) is 0 Å². The topological polar surface area (TPSA) is 167 Å². The highest BCUT2D eigenvalue weighted by atomic mass is 16.5. The molecule has 0 saturated heterocycles. The van der Waals surface area contributed by atoms with Crippen LogP contribution in [-0.4, -0.2) is 47.1 Å². The lowest BCUT2D eigenvalue weighted by Gasteiger charge is -2.17. The number of aromatic nitrogens is 2. The number of H-pyrrole nitrogens is 1. The summed E-state index contributed by atoms with van der Waals surface area (Å²) in [5, 5.41) is 2.83. The van der Waals surface area contributed by atoms with Crippen LogP contribution >= 0.6 is 0 Å². The first kappa shape index (κ1) is 23.5. The zero-order chi connectivity index (χ0) is 24.0. The Bertz CT molecular complexity index is 1210. The van der Waals surface area contributed by atoms with Gasteiger partial charge in [-0.05, 0) is 38.0 Å². The largest absolute Gasteiger partial charge is 0.466 e. The Kier molecular flexibility index (Phi) is 7.44. The molecule has 1 aromatic carbocycles. The normalized spacial score (nSPS) is 11.7. The molecule has 33 heavy (non-hydrogen) atoms. The van der Waals surface area contributed by atoms with E-state index in [1.165, 1.54) is 18.4 Å². The SMILES string of the molecule is CCOC(=O)CC[C@H](NC(=O)c1ccc(-c2coc3nc(N)[nH]c(=O)c23)cc1)C(=O)OCC. The number of nitrogen functional groups attached to an aromatic ring is 1. The van der Waals surface area contributed by atoms with Gasteiger partial charge in [0.15, 0.2) is 0 Å². The van der Waals surface area contributed by atoms with Crippen LogP contribution in [0.5, 0.6) is 0 Å². The van der Waals surface area contributed by atoms with Crippen LogP contribution in [0.15, 0.2) is 39.7 Å². The molecule has 1 amide bonds. The zero-order valence-electron chi connectivity index (χ0n) is 18.2. The Labute approximate surface area is 188 Å². The summed E-state index contributed by atoms with van der Waals surface area (Å²) in [6, 6.07) is 5.33. The number of amides is 1. The maximum atomic E-state index is 12.7. The molecule has 11 nitrogen and oxygen atoms in total. The lowest BCUT2D eigenvalue weighted by atomic mass is 10.0. The maximum Gasteiger partial charge on any atom is 0.328 e. The highest BCUT2D eigenvalue weighted by Gasteiger charge is 2.24. The summed E-state index contributed by atoms with van der Waals surface area (Å²) in [5.74, 6) is -1.68. The van der Waals surface area contributed by atoms with Gasteiger partial charge in [0.2, 0.25) is 11.7 Å². The van der Waals surface area contributed by atoms with Gasteiger partial charge < -0.3 is 24.9 Å². The Morgan fingerprint density at radius 3 is 2.52 bits per heavy atom. The van der Waals surface area contributed by atoms with E-state index in [2.05, 4.69) is 15.3 Å². The Balaban J connectivity index is 1.76. The van der Waals surface area contributed by atoms with E-state index in [9.17, 15) is 19.2 Å². The lowest BCUT2D eigenvalue weighted by Crippen LogP contribution is -2.42. The fraction of sp³-hybridized carbons (Fsp3) is 0.318. The molecule has 0 saturated carbocycles. The van der Waals surface area contributed by atoms with E-state index < -0.39 is 29.4 Å². The fourth-order valence-corrected chi connectivity index (χ4v) is 3.21. The first-order chi connectivity index (χ1) is 15.8. The second-order valence-corrected chi connectivity index (χ2v) is 6.98.